The van der Waals surface area contributed by atoms with Crippen molar-refractivity contribution in [1.82, 2.24) is 0 Å². The summed E-state index contributed by atoms with van der Waals surface area (Å²) in [5.41, 5.74) is 5.06. The van der Waals surface area contributed by atoms with E-state index in [2.05, 4.69) is 6.92 Å². The summed E-state index contributed by atoms with van der Waals surface area (Å²) in [6, 6.07) is 23.8. The maximum atomic E-state index is 6.15. The van der Waals surface area contributed by atoms with Gasteiger partial charge in [-0.2, -0.15) is 0 Å². The van der Waals surface area contributed by atoms with Crippen LogP contribution in [0.1, 0.15) is 23.6 Å². The third-order valence-electron chi connectivity index (χ3n) is 4.29. The van der Waals surface area contributed by atoms with E-state index < -0.39 is 0 Å². The Morgan fingerprint density at radius 2 is 1.39 bits per heavy atom. The standard InChI is InChI=1S/C25H25NO2/c1-18-9-13-22(14-10-18)26-25(28-24-8-6-5-7-20(24)3)21(4)17-27-23-15-11-19(2)12-16-23/h5-17H,1-4H3/b21-17+,26-25-. The summed E-state index contributed by atoms with van der Waals surface area (Å²) in [5, 5.41) is 0. The van der Waals surface area contributed by atoms with Crippen LogP contribution >= 0.6 is 0 Å². The molecule has 0 amide bonds. The van der Waals surface area contributed by atoms with Crippen molar-refractivity contribution < 1.29 is 9.47 Å². The number of hydrogen-bond donors (Lipinski definition) is 0. The van der Waals surface area contributed by atoms with Gasteiger partial charge in [-0.15, -0.1) is 0 Å². The highest BCUT2D eigenvalue weighted by atomic mass is 16.5. The molecule has 0 bridgehead atoms. The number of ether oxygens (including phenoxy) is 2. The number of benzene rings is 3. The number of aryl methyl sites for hydroxylation is 3. The Balaban J connectivity index is 1.90. The summed E-state index contributed by atoms with van der Waals surface area (Å²) < 4.78 is 12.0. The molecular formula is C25H25NO2. The summed E-state index contributed by atoms with van der Waals surface area (Å²) in [5.74, 6) is 2.05. The predicted molar refractivity (Wildman–Crippen MR) is 116 cm³/mol. The molecule has 3 aromatic rings. The molecule has 0 saturated heterocycles. The van der Waals surface area contributed by atoms with Crippen molar-refractivity contribution in [2.45, 2.75) is 27.7 Å². The largest absolute Gasteiger partial charge is 0.465 e. The minimum absolute atomic E-state index is 0.505. The van der Waals surface area contributed by atoms with E-state index in [4.69, 9.17) is 14.5 Å². The van der Waals surface area contributed by atoms with Gasteiger partial charge in [0.2, 0.25) is 5.90 Å². The van der Waals surface area contributed by atoms with Crippen LogP contribution in [0.2, 0.25) is 0 Å². The fourth-order valence-corrected chi connectivity index (χ4v) is 2.53. The third-order valence-corrected chi connectivity index (χ3v) is 4.29. The van der Waals surface area contributed by atoms with Gasteiger partial charge in [-0.05, 0) is 63.6 Å². The molecule has 0 aliphatic carbocycles. The van der Waals surface area contributed by atoms with E-state index in [9.17, 15) is 0 Å². The third kappa shape index (κ3) is 5.34. The van der Waals surface area contributed by atoms with E-state index in [1.54, 1.807) is 6.26 Å². The molecule has 0 aromatic heterocycles. The molecule has 0 N–H and O–H groups in total. The molecule has 3 heteroatoms. The zero-order valence-electron chi connectivity index (χ0n) is 16.8. The van der Waals surface area contributed by atoms with Crippen LogP contribution in [0.15, 0.2) is 89.6 Å². The van der Waals surface area contributed by atoms with Gasteiger partial charge in [0, 0.05) is 5.57 Å². The Hall–Kier alpha value is -3.33. The van der Waals surface area contributed by atoms with Gasteiger partial charge in [0.15, 0.2) is 0 Å². The number of rotatable bonds is 5. The molecule has 28 heavy (non-hydrogen) atoms. The van der Waals surface area contributed by atoms with Gasteiger partial charge in [0.05, 0.1) is 11.9 Å². The maximum Gasteiger partial charge on any atom is 0.225 e. The van der Waals surface area contributed by atoms with Gasteiger partial charge in [-0.1, -0.05) is 53.6 Å². The van der Waals surface area contributed by atoms with Crippen molar-refractivity contribution in [2.24, 2.45) is 4.99 Å². The molecular weight excluding hydrogens is 346 g/mol. The van der Waals surface area contributed by atoms with Crippen molar-refractivity contribution in [3.8, 4) is 11.5 Å². The summed E-state index contributed by atoms with van der Waals surface area (Å²) in [4.78, 5) is 4.71. The molecule has 0 aliphatic heterocycles. The van der Waals surface area contributed by atoms with E-state index in [0.717, 1.165) is 28.3 Å². The highest BCUT2D eigenvalue weighted by Crippen LogP contribution is 2.21. The van der Waals surface area contributed by atoms with Gasteiger partial charge < -0.3 is 9.47 Å². The van der Waals surface area contributed by atoms with Crippen LogP contribution in [0.25, 0.3) is 0 Å². The summed E-state index contributed by atoms with van der Waals surface area (Å²) in [6.07, 6.45) is 1.68. The zero-order chi connectivity index (χ0) is 19.9. The molecule has 0 fully saturated rings. The first kappa shape index (κ1) is 19.4. The normalized spacial score (nSPS) is 12.0. The number of hydrogen-bond acceptors (Lipinski definition) is 3. The van der Waals surface area contributed by atoms with Crippen molar-refractivity contribution in [3.63, 3.8) is 0 Å². The van der Waals surface area contributed by atoms with Crippen molar-refractivity contribution in [1.29, 1.82) is 0 Å². The molecule has 0 heterocycles. The molecule has 3 aromatic carbocycles. The van der Waals surface area contributed by atoms with Crippen LogP contribution in [0.3, 0.4) is 0 Å². The maximum absolute atomic E-state index is 6.15. The average Bonchev–Trinajstić information content (AvgIpc) is 2.70. The van der Waals surface area contributed by atoms with E-state index in [1.165, 1.54) is 11.1 Å². The lowest BCUT2D eigenvalue weighted by molar-refractivity contribution is 0.473. The first-order chi connectivity index (χ1) is 13.5. The second-order valence-corrected chi connectivity index (χ2v) is 6.85. The Bertz CT molecular complexity index is 984. The summed E-state index contributed by atoms with van der Waals surface area (Å²) in [7, 11) is 0. The van der Waals surface area contributed by atoms with Crippen LogP contribution in [-0.4, -0.2) is 5.90 Å². The Kier molecular flexibility index (Phi) is 6.28. The smallest absolute Gasteiger partial charge is 0.225 e. The lowest BCUT2D eigenvalue weighted by Crippen LogP contribution is -2.11. The molecule has 0 radical (unpaired) electrons. The van der Waals surface area contributed by atoms with Crippen molar-refractivity contribution in [3.05, 3.63) is 101 Å². The van der Waals surface area contributed by atoms with Crippen LogP contribution in [0.4, 0.5) is 5.69 Å². The second-order valence-electron chi connectivity index (χ2n) is 6.85. The number of aliphatic imine (C=N–C) groups is 1. The molecule has 142 valence electrons. The number of nitrogens with zero attached hydrogens (tertiary/aromatic N) is 1. The number of para-hydroxylation sites is 1. The highest BCUT2D eigenvalue weighted by molar-refractivity contribution is 5.96. The monoisotopic (exact) mass is 371 g/mol. The minimum atomic E-state index is 0.505. The first-order valence-electron chi connectivity index (χ1n) is 9.30. The van der Waals surface area contributed by atoms with Gasteiger partial charge in [0.25, 0.3) is 0 Å². The van der Waals surface area contributed by atoms with Crippen LogP contribution < -0.4 is 9.47 Å². The Morgan fingerprint density at radius 3 is 2.04 bits per heavy atom. The van der Waals surface area contributed by atoms with E-state index in [1.807, 2.05) is 93.6 Å². The Labute approximate surface area is 167 Å². The average molecular weight is 371 g/mol. The quantitative estimate of drug-likeness (QED) is 0.284. The fourth-order valence-electron chi connectivity index (χ4n) is 2.53. The van der Waals surface area contributed by atoms with Crippen LogP contribution in [0, 0.1) is 20.8 Å². The zero-order valence-corrected chi connectivity index (χ0v) is 16.8. The second kappa shape index (κ2) is 9.05. The van der Waals surface area contributed by atoms with Crippen LogP contribution in [-0.2, 0) is 0 Å². The van der Waals surface area contributed by atoms with Crippen molar-refractivity contribution >= 4 is 11.6 Å². The van der Waals surface area contributed by atoms with E-state index in [0.29, 0.717) is 5.90 Å². The fraction of sp³-hybridized carbons (Fsp3) is 0.160. The first-order valence-corrected chi connectivity index (χ1v) is 9.30. The van der Waals surface area contributed by atoms with Gasteiger partial charge >= 0.3 is 0 Å². The SMILES string of the molecule is CC(=C\Oc1ccc(C)cc1)/C(=N/c1ccc(C)cc1)Oc1ccccc1C. The predicted octanol–water partition coefficient (Wildman–Crippen LogP) is 6.70. The van der Waals surface area contributed by atoms with E-state index >= 15 is 0 Å². The van der Waals surface area contributed by atoms with Gasteiger partial charge in [0.1, 0.15) is 11.5 Å². The van der Waals surface area contributed by atoms with Crippen LogP contribution in [0.5, 0.6) is 11.5 Å². The molecule has 0 unspecified atom stereocenters. The summed E-state index contributed by atoms with van der Waals surface area (Å²) in [6.45, 7) is 8.05. The van der Waals surface area contributed by atoms with Gasteiger partial charge in [-0.3, -0.25) is 0 Å². The summed E-state index contributed by atoms with van der Waals surface area (Å²) >= 11 is 0. The topological polar surface area (TPSA) is 30.8 Å². The molecule has 0 spiro atoms. The lowest BCUT2D eigenvalue weighted by atomic mass is 10.2. The van der Waals surface area contributed by atoms with E-state index in [-0.39, 0.29) is 0 Å². The molecule has 0 atom stereocenters. The van der Waals surface area contributed by atoms with Gasteiger partial charge in [-0.25, -0.2) is 4.99 Å². The molecule has 0 saturated carbocycles. The Morgan fingerprint density at radius 1 is 0.786 bits per heavy atom. The highest BCUT2D eigenvalue weighted by Gasteiger charge is 2.09. The van der Waals surface area contributed by atoms with Crippen molar-refractivity contribution in [2.75, 3.05) is 0 Å². The molecule has 0 aliphatic rings. The lowest BCUT2D eigenvalue weighted by Gasteiger charge is -2.12. The molecule has 3 nitrogen and oxygen atoms in total. The molecule has 3 rings (SSSR count). The minimum Gasteiger partial charge on any atom is -0.465 e.